The van der Waals surface area contributed by atoms with Gasteiger partial charge in [-0.25, -0.2) is 8.78 Å². The second-order valence-electron chi connectivity index (χ2n) is 4.64. The fourth-order valence-electron chi connectivity index (χ4n) is 2.09. The van der Waals surface area contributed by atoms with E-state index in [-0.39, 0.29) is 25.1 Å². The van der Waals surface area contributed by atoms with Crippen molar-refractivity contribution < 1.29 is 18.3 Å². The van der Waals surface area contributed by atoms with Crippen LogP contribution in [0.3, 0.4) is 0 Å². The zero-order chi connectivity index (χ0) is 12.9. The van der Waals surface area contributed by atoms with Gasteiger partial charge in [0, 0.05) is 12.6 Å². The molecule has 0 saturated heterocycles. The van der Waals surface area contributed by atoms with Gasteiger partial charge in [0.2, 0.25) is 5.91 Å². The van der Waals surface area contributed by atoms with Gasteiger partial charge in [0.05, 0.1) is 12.0 Å². The van der Waals surface area contributed by atoms with Crippen LogP contribution in [0.4, 0.5) is 8.78 Å². The van der Waals surface area contributed by atoms with Crippen molar-refractivity contribution in [1.82, 2.24) is 5.32 Å². The zero-order valence-corrected chi connectivity index (χ0v) is 10.0. The molecule has 1 aliphatic rings. The highest BCUT2D eigenvalue weighted by molar-refractivity contribution is 5.83. The SMILES string of the molecule is CC1(C(=O)NCCOCC(F)F)CCCC1N. The van der Waals surface area contributed by atoms with Crippen LogP contribution in [0.2, 0.25) is 0 Å². The second-order valence-corrected chi connectivity index (χ2v) is 4.64. The lowest BCUT2D eigenvalue weighted by atomic mass is 9.84. The maximum Gasteiger partial charge on any atom is 0.261 e. The van der Waals surface area contributed by atoms with E-state index in [2.05, 4.69) is 10.1 Å². The van der Waals surface area contributed by atoms with Gasteiger partial charge in [-0.3, -0.25) is 4.79 Å². The van der Waals surface area contributed by atoms with Crippen LogP contribution in [0, 0.1) is 5.41 Å². The molecule has 0 aromatic heterocycles. The Bertz CT molecular complexity index is 264. The van der Waals surface area contributed by atoms with E-state index < -0.39 is 18.4 Å². The van der Waals surface area contributed by atoms with E-state index in [1.807, 2.05) is 6.92 Å². The van der Waals surface area contributed by atoms with E-state index in [0.29, 0.717) is 0 Å². The van der Waals surface area contributed by atoms with Crippen molar-refractivity contribution in [2.75, 3.05) is 19.8 Å². The van der Waals surface area contributed by atoms with Gasteiger partial charge in [-0.15, -0.1) is 0 Å². The Morgan fingerprint density at radius 1 is 1.65 bits per heavy atom. The number of amides is 1. The Hall–Kier alpha value is -0.750. The van der Waals surface area contributed by atoms with E-state index >= 15 is 0 Å². The number of ether oxygens (including phenoxy) is 1. The number of carbonyl (C=O) groups excluding carboxylic acids is 1. The Morgan fingerprint density at radius 2 is 2.35 bits per heavy atom. The smallest absolute Gasteiger partial charge is 0.261 e. The standard InChI is InChI=1S/C11H20F2N2O2/c1-11(4-2-3-8(11)14)10(16)15-5-6-17-7-9(12)13/h8-9H,2-7,14H2,1H3,(H,15,16). The average Bonchev–Trinajstić information content (AvgIpc) is 2.59. The van der Waals surface area contributed by atoms with E-state index in [0.717, 1.165) is 19.3 Å². The number of hydrogen-bond donors (Lipinski definition) is 2. The maximum atomic E-state index is 11.9. The predicted octanol–water partition coefficient (Wildman–Crippen LogP) is 0.902. The zero-order valence-electron chi connectivity index (χ0n) is 10.0. The van der Waals surface area contributed by atoms with Crippen molar-refractivity contribution in [3.63, 3.8) is 0 Å². The minimum absolute atomic E-state index is 0.0986. The molecular weight excluding hydrogens is 230 g/mol. The fourth-order valence-corrected chi connectivity index (χ4v) is 2.09. The van der Waals surface area contributed by atoms with Crippen LogP contribution in [0.5, 0.6) is 0 Å². The van der Waals surface area contributed by atoms with E-state index in [1.165, 1.54) is 0 Å². The van der Waals surface area contributed by atoms with Crippen LogP contribution in [0.15, 0.2) is 0 Å². The largest absolute Gasteiger partial charge is 0.374 e. The molecule has 1 rings (SSSR count). The number of carbonyl (C=O) groups is 1. The average molecular weight is 250 g/mol. The van der Waals surface area contributed by atoms with Gasteiger partial charge in [0.25, 0.3) is 6.43 Å². The lowest BCUT2D eigenvalue weighted by Gasteiger charge is -2.27. The number of hydrogen-bond acceptors (Lipinski definition) is 3. The summed E-state index contributed by atoms with van der Waals surface area (Å²) in [6, 6.07) is -0.121. The van der Waals surface area contributed by atoms with Gasteiger partial charge in [-0.05, 0) is 19.8 Å². The van der Waals surface area contributed by atoms with Crippen LogP contribution in [0.1, 0.15) is 26.2 Å². The number of alkyl halides is 2. The molecule has 0 heterocycles. The molecule has 100 valence electrons. The van der Waals surface area contributed by atoms with Crippen molar-refractivity contribution in [3.8, 4) is 0 Å². The molecule has 0 aromatic rings. The van der Waals surface area contributed by atoms with Gasteiger partial charge in [0.1, 0.15) is 6.61 Å². The van der Waals surface area contributed by atoms with Gasteiger partial charge in [-0.1, -0.05) is 6.42 Å². The molecule has 2 atom stereocenters. The number of nitrogens with one attached hydrogen (secondary N) is 1. The summed E-state index contributed by atoms with van der Waals surface area (Å²) < 4.78 is 28.2. The molecule has 0 aromatic carbocycles. The summed E-state index contributed by atoms with van der Waals surface area (Å²) in [5, 5.41) is 2.68. The Labute approximate surface area is 99.9 Å². The Morgan fingerprint density at radius 3 is 2.88 bits per heavy atom. The first-order valence-electron chi connectivity index (χ1n) is 5.86. The first-order chi connectivity index (χ1) is 7.97. The Kier molecular flexibility index (Phi) is 5.27. The van der Waals surface area contributed by atoms with Crippen LogP contribution < -0.4 is 11.1 Å². The topological polar surface area (TPSA) is 64.3 Å². The highest BCUT2D eigenvalue weighted by atomic mass is 19.3. The summed E-state index contributed by atoms with van der Waals surface area (Å²) in [4.78, 5) is 11.9. The van der Waals surface area contributed by atoms with Crippen LogP contribution in [-0.4, -0.2) is 38.1 Å². The highest BCUT2D eigenvalue weighted by Crippen LogP contribution is 2.36. The van der Waals surface area contributed by atoms with Gasteiger partial charge < -0.3 is 15.8 Å². The summed E-state index contributed by atoms with van der Waals surface area (Å²) in [6.45, 7) is 1.60. The minimum atomic E-state index is -2.47. The molecule has 0 radical (unpaired) electrons. The molecule has 0 aliphatic heterocycles. The molecule has 6 heteroatoms. The second kappa shape index (κ2) is 6.26. The molecule has 1 aliphatic carbocycles. The third kappa shape index (κ3) is 3.89. The monoisotopic (exact) mass is 250 g/mol. The minimum Gasteiger partial charge on any atom is -0.374 e. The van der Waals surface area contributed by atoms with E-state index in [1.54, 1.807) is 0 Å². The molecule has 3 N–H and O–H groups in total. The summed E-state index contributed by atoms with van der Waals surface area (Å²) >= 11 is 0. The van der Waals surface area contributed by atoms with Gasteiger partial charge in [0.15, 0.2) is 0 Å². The van der Waals surface area contributed by atoms with Crippen LogP contribution >= 0.6 is 0 Å². The predicted molar refractivity (Wildman–Crippen MR) is 59.8 cm³/mol. The number of nitrogens with two attached hydrogens (primary N) is 1. The highest BCUT2D eigenvalue weighted by Gasteiger charge is 2.42. The number of rotatable bonds is 6. The summed E-state index contributed by atoms with van der Waals surface area (Å²) in [7, 11) is 0. The first-order valence-corrected chi connectivity index (χ1v) is 5.86. The van der Waals surface area contributed by atoms with Gasteiger partial charge >= 0.3 is 0 Å². The molecule has 2 unspecified atom stereocenters. The molecule has 17 heavy (non-hydrogen) atoms. The fraction of sp³-hybridized carbons (Fsp3) is 0.909. The van der Waals surface area contributed by atoms with Gasteiger partial charge in [-0.2, -0.15) is 0 Å². The normalized spacial score (nSPS) is 28.6. The molecule has 1 saturated carbocycles. The molecule has 1 amide bonds. The molecule has 0 spiro atoms. The molecule has 4 nitrogen and oxygen atoms in total. The third-order valence-corrected chi connectivity index (χ3v) is 3.32. The van der Waals surface area contributed by atoms with Crippen LogP contribution in [-0.2, 0) is 9.53 Å². The summed E-state index contributed by atoms with van der Waals surface area (Å²) in [5.74, 6) is -0.108. The first kappa shape index (κ1) is 14.3. The number of halogens is 2. The van der Waals surface area contributed by atoms with Crippen molar-refractivity contribution >= 4 is 5.91 Å². The molecule has 1 fully saturated rings. The summed E-state index contributed by atoms with van der Waals surface area (Å²) in [6.07, 6.45) is 0.114. The van der Waals surface area contributed by atoms with Crippen molar-refractivity contribution in [2.45, 2.75) is 38.7 Å². The third-order valence-electron chi connectivity index (χ3n) is 3.32. The summed E-state index contributed by atoms with van der Waals surface area (Å²) in [5.41, 5.74) is 5.37. The Balaban J connectivity index is 2.21. The maximum absolute atomic E-state index is 11.9. The molecular formula is C11H20F2N2O2. The van der Waals surface area contributed by atoms with Crippen LogP contribution in [0.25, 0.3) is 0 Å². The quantitative estimate of drug-likeness (QED) is 0.688. The lowest BCUT2D eigenvalue weighted by molar-refractivity contribution is -0.130. The molecule has 0 bridgehead atoms. The van der Waals surface area contributed by atoms with E-state index in [9.17, 15) is 13.6 Å². The van der Waals surface area contributed by atoms with Crippen molar-refractivity contribution in [1.29, 1.82) is 0 Å². The lowest BCUT2D eigenvalue weighted by Crippen LogP contribution is -2.48. The van der Waals surface area contributed by atoms with Crippen molar-refractivity contribution in [3.05, 3.63) is 0 Å². The van der Waals surface area contributed by atoms with E-state index in [4.69, 9.17) is 5.73 Å². The van der Waals surface area contributed by atoms with Crippen molar-refractivity contribution in [2.24, 2.45) is 11.1 Å².